The van der Waals surface area contributed by atoms with E-state index in [2.05, 4.69) is 15.5 Å². The van der Waals surface area contributed by atoms with E-state index in [0.29, 0.717) is 0 Å². The van der Waals surface area contributed by atoms with E-state index in [0.717, 1.165) is 31.5 Å². The number of imide groups is 1. The third-order valence-corrected chi connectivity index (χ3v) is 3.83. The lowest BCUT2D eigenvalue weighted by atomic mass is 10.0. The summed E-state index contributed by atoms with van der Waals surface area (Å²) in [5, 5.41) is 4.84. The van der Waals surface area contributed by atoms with E-state index >= 15 is 0 Å². The molecular formula is C16H23N3O2. The number of carbonyl (C=O) groups is 2. The van der Waals surface area contributed by atoms with Crippen molar-refractivity contribution in [3.05, 3.63) is 35.9 Å². The average molecular weight is 289 g/mol. The Kier molecular flexibility index (Phi) is 5.75. The van der Waals surface area contributed by atoms with E-state index in [1.807, 2.05) is 30.3 Å². The molecule has 1 aromatic carbocycles. The molecule has 0 aliphatic carbocycles. The molecule has 1 aromatic rings. The molecule has 0 unspecified atom stereocenters. The molecular weight excluding hydrogens is 266 g/mol. The summed E-state index contributed by atoms with van der Waals surface area (Å²) in [6.07, 6.45) is 4.59. The molecule has 114 valence electrons. The van der Waals surface area contributed by atoms with Crippen molar-refractivity contribution in [1.29, 1.82) is 0 Å². The number of nitrogens with zero attached hydrogens (tertiary/aromatic N) is 1. The molecule has 1 saturated heterocycles. The van der Waals surface area contributed by atoms with Gasteiger partial charge in [0, 0.05) is 7.05 Å². The normalized spacial score (nSPS) is 17.6. The number of rotatable bonds is 3. The maximum absolute atomic E-state index is 12.5. The van der Waals surface area contributed by atoms with E-state index in [1.54, 1.807) is 0 Å². The van der Waals surface area contributed by atoms with E-state index in [-0.39, 0.29) is 5.91 Å². The predicted molar refractivity (Wildman–Crippen MR) is 81.8 cm³/mol. The van der Waals surface area contributed by atoms with Gasteiger partial charge in [0.1, 0.15) is 6.04 Å². The first kappa shape index (κ1) is 15.5. The van der Waals surface area contributed by atoms with Gasteiger partial charge in [-0.25, -0.2) is 4.79 Å². The SMILES string of the molecule is CNC(=O)NC(=O)[C@@H](c1ccccc1)N1CCCCCC1. The van der Waals surface area contributed by atoms with E-state index in [4.69, 9.17) is 0 Å². The summed E-state index contributed by atoms with van der Waals surface area (Å²) >= 11 is 0. The summed E-state index contributed by atoms with van der Waals surface area (Å²) in [7, 11) is 1.51. The van der Waals surface area contributed by atoms with Crippen molar-refractivity contribution in [2.24, 2.45) is 0 Å². The van der Waals surface area contributed by atoms with Crippen LogP contribution < -0.4 is 10.6 Å². The molecule has 1 atom stereocenters. The van der Waals surface area contributed by atoms with Crippen LogP contribution in [-0.2, 0) is 4.79 Å². The second kappa shape index (κ2) is 7.78. The van der Waals surface area contributed by atoms with Crippen LogP contribution in [0.4, 0.5) is 4.79 Å². The zero-order valence-corrected chi connectivity index (χ0v) is 12.5. The lowest BCUT2D eigenvalue weighted by Gasteiger charge is -2.29. The minimum absolute atomic E-state index is 0.262. The number of urea groups is 1. The third kappa shape index (κ3) is 4.29. The van der Waals surface area contributed by atoms with Gasteiger partial charge in [0.15, 0.2) is 0 Å². The summed E-state index contributed by atoms with van der Waals surface area (Å²) in [5.74, 6) is -0.262. The van der Waals surface area contributed by atoms with Gasteiger partial charge < -0.3 is 5.32 Å². The predicted octanol–water partition coefficient (Wildman–Crippen LogP) is 2.06. The van der Waals surface area contributed by atoms with Gasteiger partial charge in [0.05, 0.1) is 0 Å². The molecule has 1 aliphatic heterocycles. The molecule has 21 heavy (non-hydrogen) atoms. The van der Waals surface area contributed by atoms with Crippen LogP contribution in [0.15, 0.2) is 30.3 Å². The summed E-state index contributed by atoms with van der Waals surface area (Å²) in [5.41, 5.74) is 0.931. The van der Waals surface area contributed by atoms with Crippen LogP contribution in [0.5, 0.6) is 0 Å². The van der Waals surface area contributed by atoms with Crippen molar-refractivity contribution in [3.8, 4) is 0 Å². The Hall–Kier alpha value is -1.88. The fourth-order valence-electron chi connectivity index (χ4n) is 2.76. The zero-order valence-electron chi connectivity index (χ0n) is 12.5. The molecule has 3 amide bonds. The van der Waals surface area contributed by atoms with Gasteiger partial charge in [-0.1, -0.05) is 43.2 Å². The van der Waals surface area contributed by atoms with Crippen molar-refractivity contribution < 1.29 is 9.59 Å². The lowest BCUT2D eigenvalue weighted by molar-refractivity contribution is -0.125. The van der Waals surface area contributed by atoms with E-state index in [9.17, 15) is 9.59 Å². The molecule has 0 aromatic heterocycles. The van der Waals surface area contributed by atoms with Gasteiger partial charge >= 0.3 is 6.03 Å². The smallest absolute Gasteiger partial charge is 0.321 e. The van der Waals surface area contributed by atoms with Crippen LogP contribution in [-0.4, -0.2) is 37.0 Å². The Morgan fingerprint density at radius 1 is 1.05 bits per heavy atom. The van der Waals surface area contributed by atoms with Gasteiger partial charge in [0.25, 0.3) is 0 Å². The van der Waals surface area contributed by atoms with Gasteiger partial charge in [-0.15, -0.1) is 0 Å². The highest BCUT2D eigenvalue weighted by Gasteiger charge is 2.28. The van der Waals surface area contributed by atoms with E-state index < -0.39 is 12.1 Å². The average Bonchev–Trinajstić information content (AvgIpc) is 2.77. The lowest BCUT2D eigenvalue weighted by Crippen LogP contribution is -2.45. The van der Waals surface area contributed by atoms with Crippen molar-refractivity contribution in [3.63, 3.8) is 0 Å². The van der Waals surface area contributed by atoms with Crippen molar-refractivity contribution >= 4 is 11.9 Å². The standard InChI is InChI=1S/C16H23N3O2/c1-17-16(21)18-15(20)14(13-9-5-4-6-10-13)19-11-7-2-3-8-12-19/h4-6,9-10,14H,2-3,7-8,11-12H2,1H3,(H2,17,18,20,21)/t14-/m1/s1. The van der Waals surface area contributed by atoms with Crippen LogP contribution in [0.25, 0.3) is 0 Å². The van der Waals surface area contributed by atoms with Gasteiger partial charge in [0.2, 0.25) is 5.91 Å². The van der Waals surface area contributed by atoms with Gasteiger partial charge in [-0.3, -0.25) is 15.0 Å². The topological polar surface area (TPSA) is 61.4 Å². The van der Waals surface area contributed by atoms with Crippen LogP contribution in [0, 0.1) is 0 Å². The summed E-state index contributed by atoms with van der Waals surface area (Å²) in [4.78, 5) is 26.1. The molecule has 0 saturated carbocycles. The Labute approximate surface area is 125 Å². The molecule has 0 radical (unpaired) electrons. The number of carbonyl (C=O) groups excluding carboxylic acids is 2. The molecule has 1 fully saturated rings. The quantitative estimate of drug-likeness (QED) is 0.895. The number of likely N-dealkylation sites (tertiary alicyclic amines) is 1. The monoisotopic (exact) mass is 289 g/mol. The molecule has 1 aliphatic rings. The van der Waals surface area contributed by atoms with Gasteiger partial charge in [-0.05, 0) is 31.5 Å². The minimum atomic E-state index is -0.462. The first-order valence-corrected chi connectivity index (χ1v) is 7.54. The molecule has 0 spiro atoms. The van der Waals surface area contributed by atoms with Crippen molar-refractivity contribution in [1.82, 2.24) is 15.5 Å². The highest BCUT2D eigenvalue weighted by molar-refractivity contribution is 5.97. The maximum Gasteiger partial charge on any atom is 0.321 e. The van der Waals surface area contributed by atoms with Crippen LogP contribution in [0.1, 0.15) is 37.3 Å². The fourth-order valence-corrected chi connectivity index (χ4v) is 2.76. The number of hydrogen-bond acceptors (Lipinski definition) is 3. The number of hydrogen-bond donors (Lipinski definition) is 2. The largest absolute Gasteiger partial charge is 0.341 e. The summed E-state index contributed by atoms with van der Waals surface area (Å²) in [6, 6.07) is 8.80. The Balaban J connectivity index is 2.21. The Morgan fingerprint density at radius 2 is 1.67 bits per heavy atom. The van der Waals surface area contributed by atoms with E-state index in [1.165, 1.54) is 19.9 Å². The van der Waals surface area contributed by atoms with Crippen molar-refractivity contribution in [2.75, 3.05) is 20.1 Å². The van der Waals surface area contributed by atoms with Crippen LogP contribution >= 0.6 is 0 Å². The molecule has 1 heterocycles. The molecule has 2 N–H and O–H groups in total. The number of benzene rings is 1. The number of amides is 3. The first-order chi connectivity index (χ1) is 10.2. The second-order valence-electron chi connectivity index (χ2n) is 5.33. The first-order valence-electron chi connectivity index (χ1n) is 7.54. The maximum atomic E-state index is 12.5. The van der Waals surface area contributed by atoms with Gasteiger partial charge in [-0.2, -0.15) is 0 Å². The minimum Gasteiger partial charge on any atom is -0.341 e. The summed E-state index contributed by atoms with van der Waals surface area (Å²) in [6.45, 7) is 1.78. The zero-order chi connectivity index (χ0) is 15.1. The molecule has 2 rings (SSSR count). The molecule has 5 nitrogen and oxygen atoms in total. The highest BCUT2D eigenvalue weighted by Crippen LogP contribution is 2.24. The highest BCUT2D eigenvalue weighted by atomic mass is 16.2. The second-order valence-corrected chi connectivity index (χ2v) is 5.33. The number of nitrogens with one attached hydrogen (secondary N) is 2. The van der Waals surface area contributed by atoms with Crippen LogP contribution in [0.2, 0.25) is 0 Å². The molecule has 0 bridgehead atoms. The fraction of sp³-hybridized carbons (Fsp3) is 0.500. The molecule has 5 heteroatoms. The van der Waals surface area contributed by atoms with Crippen molar-refractivity contribution in [2.45, 2.75) is 31.7 Å². The Morgan fingerprint density at radius 3 is 2.24 bits per heavy atom. The third-order valence-electron chi connectivity index (χ3n) is 3.83. The summed E-state index contributed by atoms with van der Waals surface area (Å²) < 4.78 is 0. The van der Waals surface area contributed by atoms with Crippen LogP contribution in [0.3, 0.4) is 0 Å². The Bertz CT molecular complexity index is 468.